The third-order valence-electron chi connectivity index (χ3n) is 6.05. The molecule has 0 aliphatic heterocycles. The Labute approximate surface area is 98.3 Å². The minimum atomic E-state index is 0.496. The van der Waals surface area contributed by atoms with E-state index in [1.165, 1.54) is 32.1 Å². The van der Waals surface area contributed by atoms with Crippen molar-refractivity contribution in [3.05, 3.63) is 0 Å². The predicted octanol–water partition coefficient (Wildman–Crippen LogP) is 1.89. The standard InChI is InChI=1S/C14H24N2/c15-9-6-10(7-9)16-14-5-8-4-13(14)12-3-1-2-11(8)12/h8-14,16H,1-7,15H2. The molecular formula is C14H24N2. The van der Waals surface area contributed by atoms with Crippen LogP contribution in [0.3, 0.4) is 0 Å². The van der Waals surface area contributed by atoms with Crippen molar-refractivity contribution < 1.29 is 0 Å². The Morgan fingerprint density at radius 2 is 1.69 bits per heavy atom. The van der Waals surface area contributed by atoms with Crippen molar-refractivity contribution >= 4 is 0 Å². The van der Waals surface area contributed by atoms with Crippen LogP contribution in [0.15, 0.2) is 0 Å². The van der Waals surface area contributed by atoms with Crippen LogP contribution in [0.25, 0.3) is 0 Å². The van der Waals surface area contributed by atoms with Crippen molar-refractivity contribution in [1.82, 2.24) is 5.32 Å². The van der Waals surface area contributed by atoms with Gasteiger partial charge in [-0.25, -0.2) is 0 Å². The van der Waals surface area contributed by atoms with E-state index >= 15 is 0 Å². The van der Waals surface area contributed by atoms with Gasteiger partial charge in [-0.05, 0) is 62.2 Å². The first-order valence-electron chi connectivity index (χ1n) is 7.33. The van der Waals surface area contributed by atoms with E-state index < -0.39 is 0 Å². The molecule has 5 atom stereocenters. The lowest BCUT2D eigenvalue weighted by atomic mass is 9.77. The molecule has 4 rings (SSSR count). The molecule has 90 valence electrons. The van der Waals surface area contributed by atoms with Gasteiger partial charge in [-0.3, -0.25) is 0 Å². The van der Waals surface area contributed by atoms with Gasteiger partial charge in [0.1, 0.15) is 0 Å². The van der Waals surface area contributed by atoms with Crippen LogP contribution in [0.2, 0.25) is 0 Å². The van der Waals surface area contributed by atoms with E-state index in [4.69, 9.17) is 5.73 Å². The lowest BCUT2D eigenvalue weighted by Gasteiger charge is -2.40. The molecule has 0 saturated heterocycles. The molecule has 4 saturated carbocycles. The van der Waals surface area contributed by atoms with E-state index in [1.807, 2.05) is 0 Å². The fourth-order valence-electron chi connectivity index (χ4n) is 5.36. The number of rotatable bonds is 2. The van der Waals surface area contributed by atoms with E-state index in [0.717, 1.165) is 35.8 Å². The Kier molecular flexibility index (Phi) is 2.14. The zero-order valence-corrected chi connectivity index (χ0v) is 10.1. The minimum absolute atomic E-state index is 0.496. The smallest absolute Gasteiger partial charge is 0.0103 e. The highest BCUT2D eigenvalue weighted by Crippen LogP contribution is 2.58. The Balaban J connectivity index is 1.41. The Morgan fingerprint density at radius 3 is 2.50 bits per heavy atom. The van der Waals surface area contributed by atoms with Crippen LogP contribution in [-0.4, -0.2) is 18.1 Å². The topological polar surface area (TPSA) is 38.0 Å². The molecule has 0 aromatic carbocycles. The maximum Gasteiger partial charge on any atom is 0.0103 e. The number of hydrogen-bond donors (Lipinski definition) is 2. The van der Waals surface area contributed by atoms with Gasteiger partial charge in [0.05, 0.1) is 0 Å². The van der Waals surface area contributed by atoms with Crippen molar-refractivity contribution in [2.75, 3.05) is 0 Å². The minimum Gasteiger partial charge on any atom is -0.328 e. The van der Waals surface area contributed by atoms with E-state index in [0.29, 0.717) is 6.04 Å². The SMILES string of the molecule is NC1CC(NC2CC3CC2C2CCCC32)C1. The zero-order chi connectivity index (χ0) is 10.7. The third-order valence-corrected chi connectivity index (χ3v) is 6.05. The number of fused-ring (bicyclic) bond motifs is 5. The first-order valence-corrected chi connectivity index (χ1v) is 7.33. The average Bonchev–Trinajstić information content (AvgIpc) is 2.85. The van der Waals surface area contributed by atoms with Gasteiger partial charge in [0.2, 0.25) is 0 Å². The number of hydrogen-bond acceptors (Lipinski definition) is 2. The highest BCUT2D eigenvalue weighted by molar-refractivity contribution is 5.06. The maximum absolute atomic E-state index is 5.86. The molecule has 5 unspecified atom stereocenters. The van der Waals surface area contributed by atoms with E-state index in [1.54, 1.807) is 12.8 Å². The van der Waals surface area contributed by atoms with Crippen LogP contribution >= 0.6 is 0 Å². The van der Waals surface area contributed by atoms with E-state index in [9.17, 15) is 0 Å². The lowest BCUT2D eigenvalue weighted by molar-refractivity contribution is 0.170. The molecule has 2 heteroatoms. The van der Waals surface area contributed by atoms with Crippen molar-refractivity contribution in [2.24, 2.45) is 29.4 Å². The molecule has 4 aliphatic rings. The maximum atomic E-state index is 5.86. The molecule has 0 aromatic rings. The second-order valence-corrected chi connectivity index (χ2v) is 6.86. The van der Waals surface area contributed by atoms with Gasteiger partial charge >= 0.3 is 0 Å². The van der Waals surface area contributed by atoms with Crippen molar-refractivity contribution in [1.29, 1.82) is 0 Å². The lowest BCUT2D eigenvalue weighted by Crippen LogP contribution is -2.53. The van der Waals surface area contributed by atoms with Gasteiger partial charge in [-0.1, -0.05) is 6.42 Å². The summed E-state index contributed by atoms with van der Waals surface area (Å²) in [5.41, 5.74) is 5.86. The van der Waals surface area contributed by atoms with Gasteiger partial charge in [0, 0.05) is 18.1 Å². The van der Waals surface area contributed by atoms with Gasteiger partial charge in [-0.2, -0.15) is 0 Å². The summed E-state index contributed by atoms with van der Waals surface area (Å²) < 4.78 is 0. The summed E-state index contributed by atoms with van der Waals surface area (Å²) in [7, 11) is 0. The van der Waals surface area contributed by atoms with Crippen LogP contribution < -0.4 is 11.1 Å². The normalized spacial score (nSPS) is 58.7. The molecule has 4 fully saturated rings. The molecule has 2 nitrogen and oxygen atoms in total. The molecule has 0 spiro atoms. The summed E-state index contributed by atoms with van der Waals surface area (Å²) in [6.07, 6.45) is 10.1. The Bertz CT molecular complexity index is 284. The summed E-state index contributed by atoms with van der Waals surface area (Å²) in [5, 5.41) is 3.91. The fraction of sp³-hybridized carbons (Fsp3) is 1.00. The first-order chi connectivity index (χ1) is 7.81. The molecule has 2 bridgehead atoms. The third kappa shape index (κ3) is 1.32. The van der Waals surface area contributed by atoms with Gasteiger partial charge in [0.25, 0.3) is 0 Å². The predicted molar refractivity (Wildman–Crippen MR) is 65.0 cm³/mol. The Morgan fingerprint density at radius 1 is 0.875 bits per heavy atom. The average molecular weight is 220 g/mol. The van der Waals surface area contributed by atoms with E-state index in [2.05, 4.69) is 5.32 Å². The monoisotopic (exact) mass is 220 g/mol. The number of nitrogens with two attached hydrogens (primary N) is 1. The van der Waals surface area contributed by atoms with Gasteiger partial charge in [0.15, 0.2) is 0 Å². The highest BCUT2D eigenvalue weighted by Gasteiger charge is 2.54. The summed E-state index contributed by atoms with van der Waals surface area (Å²) in [4.78, 5) is 0. The molecule has 0 radical (unpaired) electrons. The first kappa shape index (κ1) is 9.90. The fourth-order valence-corrected chi connectivity index (χ4v) is 5.36. The van der Waals surface area contributed by atoms with Crippen LogP contribution in [-0.2, 0) is 0 Å². The molecule has 0 aromatic heterocycles. The largest absolute Gasteiger partial charge is 0.328 e. The van der Waals surface area contributed by atoms with Crippen molar-refractivity contribution in [3.8, 4) is 0 Å². The number of nitrogens with one attached hydrogen (secondary N) is 1. The molecule has 0 amide bonds. The zero-order valence-electron chi connectivity index (χ0n) is 10.1. The quantitative estimate of drug-likeness (QED) is 0.746. The molecule has 16 heavy (non-hydrogen) atoms. The Hall–Kier alpha value is -0.0800. The van der Waals surface area contributed by atoms with Crippen LogP contribution in [0.5, 0.6) is 0 Å². The highest BCUT2D eigenvalue weighted by atomic mass is 15.0. The van der Waals surface area contributed by atoms with Crippen molar-refractivity contribution in [2.45, 2.75) is 63.1 Å². The summed E-state index contributed by atoms with van der Waals surface area (Å²) in [6.45, 7) is 0. The molecule has 4 aliphatic carbocycles. The molecule has 3 N–H and O–H groups in total. The van der Waals surface area contributed by atoms with Gasteiger partial charge in [-0.15, -0.1) is 0 Å². The summed E-state index contributed by atoms with van der Waals surface area (Å²) >= 11 is 0. The van der Waals surface area contributed by atoms with Crippen LogP contribution in [0, 0.1) is 23.7 Å². The second kappa shape index (κ2) is 3.46. The summed E-state index contributed by atoms with van der Waals surface area (Å²) in [5.74, 6) is 4.36. The second-order valence-electron chi connectivity index (χ2n) is 6.86. The van der Waals surface area contributed by atoms with Crippen molar-refractivity contribution in [3.63, 3.8) is 0 Å². The van der Waals surface area contributed by atoms with E-state index in [-0.39, 0.29) is 0 Å². The molecule has 0 heterocycles. The van der Waals surface area contributed by atoms with Crippen LogP contribution in [0.4, 0.5) is 0 Å². The van der Waals surface area contributed by atoms with Gasteiger partial charge < -0.3 is 11.1 Å². The summed E-state index contributed by atoms with van der Waals surface area (Å²) in [6, 6.07) is 2.12. The molecular weight excluding hydrogens is 196 g/mol. The van der Waals surface area contributed by atoms with Crippen LogP contribution in [0.1, 0.15) is 44.9 Å².